The summed E-state index contributed by atoms with van der Waals surface area (Å²) in [6.45, 7) is 4.45. The Kier molecular flexibility index (Phi) is 5.31. The van der Waals surface area contributed by atoms with Gasteiger partial charge in [-0.1, -0.05) is 6.92 Å². The molecular formula is C13H27N5. The monoisotopic (exact) mass is 253 g/mol. The maximum atomic E-state index is 5.75. The van der Waals surface area contributed by atoms with Crippen LogP contribution >= 0.6 is 0 Å². The van der Waals surface area contributed by atoms with E-state index in [0.29, 0.717) is 0 Å². The Morgan fingerprint density at radius 2 is 2.22 bits per heavy atom. The maximum Gasteiger partial charge on any atom is 0.0492 e. The van der Waals surface area contributed by atoms with E-state index in [4.69, 9.17) is 5.84 Å². The van der Waals surface area contributed by atoms with Gasteiger partial charge < -0.3 is 4.90 Å². The summed E-state index contributed by atoms with van der Waals surface area (Å²) < 4.78 is 1.92. The third-order valence-electron chi connectivity index (χ3n) is 4.30. The minimum absolute atomic E-state index is 0.0628. The molecule has 0 bridgehead atoms. The first-order chi connectivity index (χ1) is 8.45. The molecule has 0 aliphatic carbocycles. The van der Waals surface area contributed by atoms with E-state index in [9.17, 15) is 0 Å². The van der Waals surface area contributed by atoms with Crippen molar-refractivity contribution in [1.82, 2.24) is 20.1 Å². The minimum Gasteiger partial charge on any atom is -0.302 e. The lowest BCUT2D eigenvalue weighted by atomic mass is 9.85. The zero-order valence-electron chi connectivity index (χ0n) is 12.3. The van der Waals surface area contributed by atoms with Crippen molar-refractivity contribution in [2.45, 2.75) is 44.7 Å². The van der Waals surface area contributed by atoms with Crippen LogP contribution in [0.4, 0.5) is 0 Å². The quantitative estimate of drug-likeness (QED) is 0.560. The smallest absolute Gasteiger partial charge is 0.0492 e. The van der Waals surface area contributed by atoms with Crippen molar-refractivity contribution in [3.8, 4) is 0 Å². The fraction of sp³-hybridized carbons (Fsp3) is 0.769. The van der Waals surface area contributed by atoms with Gasteiger partial charge in [-0.2, -0.15) is 5.10 Å². The lowest BCUT2D eigenvalue weighted by Gasteiger charge is -2.42. The SMILES string of the molecule is CCC(C)(C(CCc1ccnn1C)NN)N(C)C. The number of likely N-dealkylation sites (N-methyl/N-ethyl adjacent to an activating group) is 1. The van der Waals surface area contributed by atoms with E-state index in [1.165, 1.54) is 5.69 Å². The Morgan fingerprint density at radius 1 is 1.56 bits per heavy atom. The molecule has 18 heavy (non-hydrogen) atoms. The van der Waals surface area contributed by atoms with E-state index in [2.05, 4.69) is 49.4 Å². The number of hydrogen-bond donors (Lipinski definition) is 2. The predicted octanol–water partition coefficient (Wildman–Crippen LogP) is 0.915. The fourth-order valence-corrected chi connectivity index (χ4v) is 2.39. The van der Waals surface area contributed by atoms with E-state index in [1.807, 2.05) is 17.9 Å². The van der Waals surface area contributed by atoms with Crippen LogP contribution in [-0.4, -0.2) is 40.4 Å². The highest BCUT2D eigenvalue weighted by atomic mass is 15.3. The van der Waals surface area contributed by atoms with Crippen LogP contribution in [0.15, 0.2) is 12.3 Å². The molecule has 0 spiro atoms. The number of nitrogens with one attached hydrogen (secondary N) is 1. The molecule has 1 heterocycles. The van der Waals surface area contributed by atoms with Gasteiger partial charge in [-0.15, -0.1) is 0 Å². The summed E-state index contributed by atoms with van der Waals surface area (Å²) in [6, 6.07) is 2.32. The van der Waals surface area contributed by atoms with Crippen molar-refractivity contribution >= 4 is 0 Å². The molecule has 0 saturated heterocycles. The highest BCUT2D eigenvalue weighted by Gasteiger charge is 2.33. The Labute approximate surface area is 110 Å². The standard InChI is InChI=1S/C13H27N5/c1-6-13(2,17(3)4)12(16-14)8-7-11-9-10-15-18(11)5/h9-10,12,16H,6-8,14H2,1-5H3. The van der Waals surface area contributed by atoms with Crippen molar-refractivity contribution in [2.24, 2.45) is 12.9 Å². The van der Waals surface area contributed by atoms with Gasteiger partial charge in [-0.3, -0.25) is 16.0 Å². The minimum atomic E-state index is 0.0628. The molecule has 0 aliphatic heterocycles. The maximum absolute atomic E-state index is 5.75. The highest BCUT2D eigenvalue weighted by molar-refractivity contribution is 5.02. The lowest BCUT2D eigenvalue weighted by Crippen LogP contribution is -2.58. The first-order valence-corrected chi connectivity index (χ1v) is 6.56. The molecule has 0 aromatic carbocycles. The number of nitrogens with two attached hydrogens (primary N) is 1. The van der Waals surface area contributed by atoms with Gasteiger partial charge in [0.05, 0.1) is 0 Å². The van der Waals surface area contributed by atoms with E-state index in [1.54, 1.807) is 0 Å². The lowest BCUT2D eigenvalue weighted by molar-refractivity contribution is 0.108. The molecule has 0 fully saturated rings. The van der Waals surface area contributed by atoms with Crippen LogP contribution < -0.4 is 11.3 Å². The zero-order chi connectivity index (χ0) is 13.8. The molecule has 1 aromatic heterocycles. The molecule has 3 N–H and O–H groups in total. The molecule has 0 saturated carbocycles. The fourth-order valence-electron chi connectivity index (χ4n) is 2.39. The molecule has 1 rings (SSSR count). The van der Waals surface area contributed by atoms with Crippen molar-refractivity contribution in [2.75, 3.05) is 14.1 Å². The van der Waals surface area contributed by atoms with Gasteiger partial charge in [-0.05, 0) is 46.3 Å². The van der Waals surface area contributed by atoms with Gasteiger partial charge in [0.15, 0.2) is 0 Å². The number of hydrazine groups is 1. The van der Waals surface area contributed by atoms with Gasteiger partial charge in [0.2, 0.25) is 0 Å². The number of hydrogen-bond acceptors (Lipinski definition) is 4. The second kappa shape index (κ2) is 6.31. The van der Waals surface area contributed by atoms with Crippen molar-refractivity contribution in [3.05, 3.63) is 18.0 Å². The third kappa shape index (κ3) is 3.10. The van der Waals surface area contributed by atoms with Crippen LogP contribution in [0.3, 0.4) is 0 Å². The molecule has 5 nitrogen and oxygen atoms in total. The average molecular weight is 253 g/mol. The van der Waals surface area contributed by atoms with Crippen LogP contribution in [-0.2, 0) is 13.5 Å². The second-order valence-electron chi connectivity index (χ2n) is 5.31. The summed E-state index contributed by atoms with van der Waals surface area (Å²) in [7, 11) is 6.20. The molecule has 1 aromatic rings. The third-order valence-corrected chi connectivity index (χ3v) is 4.30. The van der Waals surface area contributed by atoms with Gasteiger partial charge in [0.25, 0.3) is 0 Å². The Bertz CT molecular complexity index is 360. The van der Waals surface area contributed by atoms with Crippen molar-refractivity contribution in [3.63, 3.8) is 0 Å². The van der Waals surface area contributed by atoms with Crippen LogP contribution in [0.25, 0.3) is 0 Å². The topological polar surface area (TPSA) is 59.1 Å². The molecule has 0 radical (unpaired) electrons. The zero-order valence-corrected chi connectivity index (χ0v) is 12.3. The van der Waals surface area contributed by atoms with E-state index in [-0.39, 0.29) is 11.6 Å². The Balaban J connectivity index is 2.70. The number of aromatic nitrogens is 2. The van der Waals surface area contributed by atoms with Crippen LogP contribution in [0.5, 0.6) is 0 Å². The predicted molar refractivity (Wildman–Crippen MR) is 75.0 cm³/mol. The van der Waals surface area contributed by atoms with Crippen LogP contribution in [0.2, 0.25) is 0 Å². The summed E-state index contributed by atoms with van der Waals surface area (Å²) >= 11 is 0. The second-order valence-corrected chi connectivity index (χ2v) is 5.31. The number of nitrogens with zero attached hydrogens (tertiary/aromatic N) is 3. The Hall–Kier alpha value is -0.910. The van der Waals surface area contributed by atoms with Crippen molar-refractivity contribution in [1.29, 1.82) is 0 Å². The number of rotatable bonds is 7. The highest BCUT2D eigenvalue weighted by Crippen LogP contribution is 2.23. The molecule has 104 valence electrons. The Morgan fingerprint density at radius 3 is 2.61 bits per heavy atom. The summed E-state index contributed by atoms with van der Waals surface area (Å²) in [5.41, 5.74) is 4.29. The van der Waals surface area contributed by atoms with Crippen LogP contribution in [0.1, 0.15) is 32.4 Å². The van der Waals surface area contributed by atoms with E-state index >= 15 is 0 Å². The van der Waals surface area contributed by atoms with Crippen molar-refractivity contribution < 1.29 is 0 Å². The van der Waals surface area contributed by atoms with Crippen LogP contribution in [0, 0.1) is 0 Å². The summed E-state index contributed by atoms with van der Waals surface area (Å²) in [5.74, 6) is 5.75. The summed E-state index contributed by atoms with van der Waals surface area (Å²) in [5, 5.41) is 4.19. The molecular weight excluding hydrogens is 226 g/mol. The molecule has 2 unspecified atom stereocenters. The van der Waals surface area contributed by atoms with E-state index < -0.39 is 0 Å². The molecule has 0 amide bonds. The first kappa shape index (κ1) is 15.1. The molecule has 5 heteroatoms. The average Bonchev–Trinajstić information content (AvgIpc) is 2.75. The first-order valence-electron chi connectivity index (χ1n) is 6.56. The normalized spacial score (nSPS) is 16.8. The van der Waals surface area contributed by atoms with Gasteiger partial charge >= 0.3 is 0 Å². The van der Waals surface area contributed by atoms with E-state index in [0.717, 1.165) is 19.3 Å². The summed E-state index contributed by atoms with van der Waals surface area (Å²) in [4.78, 5) is 2.25. The van der Waals surface area contributed by atoms with Gasteiger partial charge in [0.1, 0.15) is 0 Å². The molecule has 2 atom stereocenters. The largest absolute Gasteiger partial charge is 0.302 e. The van der Waals surface area contributed by atoms with Gasteiger partial charge in [-0.25, -0.2) is 0 Å². The van der Waals surface area contributed by atoms with Gasteiger partial charge in [0, 0.05) is 30.5 Å². The summed E-state index contributed by atoms with van der Waals surface area (Å²) in [6.07, 6.45) is 4.87. The number of aryl methyl sites for hydroxylation is 2. The molecule has 0 aliphatic rings.